The third kappa shape index (κ3) is 3.37. The second-order valence-corrected chi connectivity index (χ2v) is 4.19. The predicted molar refractivity (Wildman–Crippen MR) is 56.5 cm³/mol. The highest BCUT2D eigenvalue weighted by Gasteiger charge is 2.23. The molecule has 3 nitrogen and oxygen atoms in total. The van der Waals surface area contributed by atoms with Crippen molar-refractivity contribution in [3.63, 3.8) is 0 Å². The Morgan fingerprint density at radius 1 is 1.36 bits per heavy atom. The van der Waals surface area contributed by atoms with E-state index >= 15 is 0 Å². The van der Waals surface area contributed by atoms with Gasteiger partial charge >= 0.3 is 0 Å². The van der Waals surface area contributed by atoms with Gasteiger partial charge in [0.2, 0.25) is 5.91 Å². The van der Waals surface area contributed by atoms with Gasteiger partial charge in [0.25, 0.3) is 0 Å². The van der Waals surface area contributed by atoms with E-state index in [0.29, 0.717) is 12.3 Å². The highest BCUT2D eigenvalue weighted by molar-refractivity contribution is 5.78. The van der Waals surface area contributed by atoms with Gasteiger partial charge in [-0.3, -0.25) is 4.79 Å². The van der Waals surface area contributed by atoms with Crippen molar-refractivity contribution in [2.24, 2.45) is 11.8 Å². The molecule has 1 amide bonds. The molecule has 0 aromatic heterocycles. The van der Waals surface area contributed by atoms with Crippen molar-refractivity contribution in [2.45, 2.75) is 40.2 Å². The normalized spacial score (nSPS) is 14.6. The van der Waals surface area contributed by atoms with Crippen LogP contribution in [0.4, 0.5) is 0 Å². The molecule has 3 heteroatoms. The molecule has 0 fully saturated rings. The van der Waals surface area contributed by atoms with Crippen LogP contribution < -0.4 is 0 Å². The Labute approximate surface area is 86.7 Å². The minimum absolute atomic E-state index is 0.00806. The topological polar surface area (TPSA) is 44.1 Å². The number of nitriles is 1. The van der Waals surface area contributed by atoms with Crippen molar-refractivity contribution < 1.29 is 4.79 Å². The van der Waals surface area contributed by atoms with Crippen molar-refractivity contribution in [3.05, 3.63) is 0 Å². The third-order valence-corrected chi connectivity index (χ3v) is 2.79. The molecule has 0 heterocycles. The van der Waals surface area contributed by atoms with Crippen LogP contribution in [0.3, 0.4) is 0 Å². The van der Waals surface area contributed by atoms with Crippen LogP contribution in [0.25, 0.3) is 0 Å². The number of amides is 1. The first kappa shape index (κ1) is 13.0. The molecule has 2 unspecified atom stereocenters. The second-order valence-electron chi connectivity index (χ2n) is 4.19. The van der Waals surface area contributed by atoms with E-state index < -0.39 is 0 Å². The fraction of sp³-hybridized carbons (Fsp3) is 0.818. The number of hydrogen-bond donors (Lipinski definition) is 0. The summed E-state index contributed by atoms with van der Waals surface area (Å²) in [5, 5.41) is 8.53. The van der Waals surface area contributed by atoms with Crippen LogP contribution in [0.1, 0.15) is 34.1 Å². The van der Waals surface area contributed by atoms with Gasteiger partial charge in [-0.2, -0.15) is 5.26 Å². The van der Waals surface area contributed by atoms with Gasteiger partial charge in [-0.05, 0) is 12.8 Å². The SMILES string of the molecule is CC(C)C(C)C(=O)N(C)C(C)CC#N. The minimum Gasteiger partial charge on any atom is -0.342 e. The number of rotatable bonds is 4. The van der Waals surface area contributed by atoms with Crippen molar-refractivity contribution in [3.8, 4) is 6.07 Å². The second kappa shape index (κ2) is 5.64. The molecule has 0 spiro atoms. The minimum atomic E-state index is 0.00806. The predicted octanol–water partition coefficient (Wildman–Crippen LogP) is 2.04. The first-order chi connectivity index (χ1) is 6.41. The lowest BCUT2D eigenvalue weighted by molar-refractivity contribution is -0.136. The zero-order chi connectivity index (χ0) is 11.3. The lowest BCUT2D eigenvalue weighted by atomic mass is 9.96. The van der Waals surface area contributed by atoms with E-state index in [1.807, 2.05) is 27.7 Å². The Morgan fingerprint density at radius 3 is 2.21 bits per heavy atom. The molecule has 0 radical (unpaired) electrons. The van der Waals surface area contributed by atoms with E-state index in [9.17, 15) is 4.79 Å². The highest BCUT2D eigenvalue weighted by Crippen LogP contribution is 2.14. The Kier molecular flexibility index (Phi) is 5.22. The monoisotopic (exact) mass is 196 g/mol. The van der Waals surface area contributed by atoms with Gasteiger partial charge in [0.15, 0.2) is 0 Å². The summed E-state index contributed by atoms with van der Waals surface area (Å²) < 4.78 is 0. The molecule has 0 aliphatic rings. The molecule has 14 heavy (non-hydrogen) atoms. The largest absolute Gasteiger partial charge is 0.342 e. The summed E-state index contributed by atoms with van der Waals surface area (Å²) in [6.07, 6.45) is 0.396. The average molecular weight is 196 g/mol. The number of carbonyl (C=O) groups is 1. The summed E-state index contributed by atoms with van der Waals surface area (Å²) in [5.74, 6) is 0.503. The summed E-state index contributed by atoms with van der Waals surface area (Å²) in [5.41, 5.74) is 0. The van der Waals surface area contributed by atoms with Gasteiger partial charge in [0.05, 0.1) is 12.5 Å². The smallest absolute Gasteiger partial charge is 0.225 e. The molecule has 0 aromatic rings. The molecule has 0 aliphatic carbocycles. The van der Waals surface area contributed by atoms with Crippen LogP contribution in [0.5, 0.6) is 0 Å². The Morgan fingerprint density at radius 2 is 1.86 bits per heavy atom. The molecule has 0 rings (SSSR count). The van der Waals surface area contributed by atoms with Crippen molar-refractivity contribution in [2.75, 3.05) is 7.05 Å². The van der Waals surface area contributed by atoms with Crippen molar-refractivity contribution in [1.82, 2.24) is 4.90 Å². The van der Waals surface area contributed by atoms with Crippen LogP contribution in [-0.4, -0.2) is 23.9 Å². The molecule has 0 aromatic carbocycles. The maximum atomic E-state index is 11.8. The summed E-state index contributed by atoms with van der Waals surface area (Å²) in [6.45, 7) is 7.90. The first-order valence-corrected chi connectivity index (χ1v) is 5.05. The maximum absolute atomic E-state index is 11.8. The van der Waals surface area contributed by atoms with Gasteiger partial charge in [-0.1, -0.05) is 20.8 Å². The third-order valence-electron chi connectivity index (χ3n) is 2.79. The first-order valence-electron chi connectivity index (χ1n) is 5.05. The van der Waals surface area contributed by atoms with Crippen LogP contribution in [-0.2, 0) is 4.79 Å². The molecule has 2 atom stereocenters. The number of hydrogen-bond acceptors (Lipinski definition) is 2. The Bertz CT molecular complexity index is 230. The van der Waals surface area contributed by atoms with Gasteiger partial charge in [0, 0.05) is 19.0 Å². The molecule has 0 saturated carbocycles. The van der Waals surface area contributed by atoms with Crippen LogP contribution in [0.2, 0.25) is 0 Å². The van der Waals surface area contributed by atoms with Gasteiger partial charge in [-0.15, -0.1) is 0 Å². The summed E-state index contributed by atoms with van der Waals surface area (Å²) >= 11 is 0. The van der Waals surface area contributed by atoms with E-state index in [4.69, 9.17) is 5.26 Å². The van der Waals surface area contributed by atoms with E-state index in [0.717, 1.165) is 0 Å². The average Bonchev–Trinajstić information content (AvgIpc) is 2.14. The maximum Gasteiger partial charge on any atom is 0.225 e. The molecule has 80 valence electrons. The quantitative estimate of drug-likeness (QED) is 0.690. The van der Waals surface area contributed by atoms with Gasteiger partial charge in [-0.25, -0.2) is 0 Å². The van der Waals surface area contributed by atoms with Gasteiger partial charge in [0.1, 0.15) is 0 Å². The zero-order valence-electron chi connectivity index (χ0n) is 9.74. The number of carbonyl (C=O) groups excluding carboxylic acids is 1. The molecular formula is C11H20N2O. The van der Waals surface area contributed by atoms with E-state index in [2.05, 4.69) is 6.07 Å². The molecular weight excluding hydrogens is 176 g/mol. The van der Waals surface area contributed by atoms with Crippen LogP contribution >= 0.6 is 0 Å². The molecule has 0 aliphatic heterocycles. The summed E-state index contributed by atoms with van der Waals surface area (Å²) in [6, 6.07) is 2.09. The lowest BCUT2D eigenvalue weighted by Crippen LogP contribution is -2.39. The van der Waals surface area contributed by atoms with E-state index in [1.54, 1.807) is 11.9 Å². The zero-order valence-corrected chi connectivity index (χ0v) is 9.74. The molecule has 0 saturated heterocycles. The van der Waals surface area contributed by atoms with Gasteiger partial charge < -0.3 is 4.90 Å². The fourth-order valence-corrected chi connectivity index (χ4v) is 1.09. The molecule has 0 N–H and O–H groups in total. The number of nitrogens with zero attached hydrogens (tertiary/aromatic N) is 2. The highest BCUT2D eigenvalue weighted by atomic mass is 16.2. The molecule has 0 bridgehead atoms. The van der Waals surface area contributed by atoms with Crippen LogP contribution in [0, 0.1) is 23.2 Å². The van der Waals surface area contributed by atoms with Crippen LogP contribution in [0.15, 0.2) is 0 Å². The van der Waals surface area contributed by atoms with E-state index in [1.165, 1.54) is 0 Å². The standard InChI is InChI=1S/C11H20N2O/c1-8(2)10(4)11(14)13(5)9(3)6-7-12/h8-10H,6H2,1-5H3. The van der Waals surface area contributed by atoms with Crippen molar-refractivity contribution >= 4 is 5.91 Å². The van der Waals surface area contributed by atoms with E-state index in [-0.39, 0.29) is 17.9 Å². The lowest BCUT2D eigenvalue weighted by Gasteiger charge is -2.27. The Hall–Kier alpha value is -1.04. The summed E-state index contributed by atoms with van der Waals surface area (Å²) in [4.78, 5) is 13.5. The summed E-state index contributed by atoms with van der Waals surface area (Å²) in [7, 11) is 1.77. The van der Waals surface area contributed by atoms with Crippen molar-refractivity contribution in [1.29, 1.82) is 5.26 Å². The Balaban J connectivity index is 4.32. The fourth-order valence-electron chi connectivity index (χ4n) is 1.09.